The fraction of sp³-hybridized carbons (Fsp3) is 0.786. The molecular weight excluding hydrogens is 226 g/mol. The lowest BCUT2D eigenvalue weighted by molar-refractivity contribution is 0.0175. The van der Waals surface area contributed by atoms with Crippen LogP contribution in [0.4, 0.5) is 0 Å². The molecule has 1 saturated carbocycles. The molecule has 2 atom stereocenters. The summed E-state index contributed by atoms with van der Waals surface area (Å²) >= 11 is 0. The van der Waals surface area contributed by atoms with Gasteiger partial charge in [0, 0.05) is 18.3 Å². The summed E-state index contributed by atoms with van der Waals surface area (Å²) in [7, 11) is 0. The zero-order valence-corrected chi connectivity index (χ0v) is 11.5. The molecule has 1 fully saturated rings. The SMILES string of the molecule is CC(C)n1ccc(COC2CCCCCC2N)n1. The molecule has 0 spiro atoms. The maximum Gasteiger partial charge on any atom is 0.0911 e. The molecule has 102 valence electrons. The van der Waals surface area contributed by atoms with Gasteiger partial charge in [0.15, 0.2) is 0 Å². The van der Waals surface area contributed by atoms with Crippen LogP contribution in [-0.4, -0.2) is 21.9 Å². The van der Waals surface area contributed by atoms with E-state index in [0.29, 0.717) is 12.6 Å². The molecule has 0 aliphatic heterocycles. The van der Waals surface area contributed by atoms with Crippen LogP contribution in [0.1, 0.15) is 57.7 Å². The number of rotatable bonds is 4. The van der Waals surface area contributed by atoms with Crippen LogP contribution < -0.4 is 5.73 Å². The Morgan fingerprint density at radius 1 is 1.39 bits per heavy atom. The van der Waals surface area contributed by atoms with Gasteiger partial charge >= 0.3 is 0 Å². The minimum atomic E-state index is 0.194. The molecule has 1 aromatic rings. The van der Waals surface area contributed by atoms with Gasteiger partial charge in [-0.05, 0) is 32.8 Å². The Kier molecular flexibility index (Phi) is 4.78. The molecule has 1 aromatic heterocycles. The Bertz CT molecular complexity index is 362. The second-order valence-corrected chi connectivity index (χ2v) is 5.53. The van der Waals surface area contributed by atoms with Crippen LogP contribution >= 0.6 is 0 Å². The second-order valence-electron chi connectivity index (χ2n) is 5.53. The van der Waals surface area contributed by atoms with Crippen LogP contribution in [-0.2, 0) is 11.3 Å². The molecule has 0 aromatic carbocycles. The van der Waals surface area contributed by atoms with Crippen LogP contribution in [0.25, 0.3) is 0 Å². The summed E-state index contributed by atoms with van der Waals surface area (Å²) in [6.45, 7) is 4.83. The Hall–Kier alpha value is -0.870. The highest BCUT2D eigenvalue weighted by Gasteiger charge is 2.21. The van der Waals surface area contributed by atoms with E-state index in [0.717, 1.165) is 18.5 Å². The minimum Gasteiger partial charge on any atom is -0.370 e. The summed E-state index contributed by atoms with van der Waals surface area (Å²) in [6, 6.07) is 2.63. The normalized spacial score (nSPS) is 25.3. The molecule has 4 heteroatoms. The Morgan fingerprint density at radius 2 is 2.17 bits per heavy atom. The van der Waals surface area contributed by atoms with Crippen LogP contribution in [0.3, 0.4) is 0 Å². The molecule has 2 N–H and O–H groups in total. The van der Waals surface area contributed by atoms with Gasteiger partial charge in [-0.15, -0.1) is 0 Å². The van der Waals surface area contributed by atoms with E-state index in [9.17, 15) is 0 Å². The van der Waals surface area contributed by atoms with Crippen LogP contribution in [0, 0.1) is 0 Å². The Balaban J connectivity index is 1.85. The van der Waals surface area contributed by atoms with Gasteiger partial charge in [-0.1, -0.05) is 19.3 Å². The predicted octanol–water partition coefficient (Wildman–Crippen LogP) is 2.64. The third-order valence-electron chi connectivity index (χ3n) is 3.64. The molecule has 1 aliphatic rings. The van der Waals surface area contributed by atoms with Crippen molar-refractivity contribution in [2.75, 3.05) is 0 Å². The van der Waals surface area contributed by atoms with Crippen LogP contribution in [0.15, 0.2) is 12.3 Å². The summed E-state index contributed by atoms with van der Waals surface area (Å²) in [5.41, 5.74) is 7.15. The highest BCUT2D eigenvalue weighted by atomic mass is 16.5. The molecule has 18 heavy (non-hydrogen) atoms. The Labute approximate surface area is 110 Å². The first-order chi connectivity index (χ1) is 8.66. The summed E-state index contributed by atoms with van der Waals surface area (Å²) in [5, 5.41) is 4.49. The van der Waals surface area contributed by atoms with E-state index in [2.05, 4.69) is 18.9 Å². The number of nitrogens with zero attached hydrogens (tertiary/aromatic N) is 2. The summed E-state index contributed by atoms with van der Waals surface area (Å²) in [5.74, 6) is 0. The number of ether oxygens (including phenoxy) is 1. The molecule has 2 unspecified atom stereocenters. The third kappa shape index (κ3) is 3.56. The van der Waals surface area contributed by atoms with E-state index >= 15 is 0 Å². The van der Waals surface area contributed by atoms with Crippen molar-refractivity contribution in [3.05, 3.63) is 18.0 Å². The predicted molar refractivity (Wildman–Crippen MR) is 72.2 cm³/mol. The van der Waals surface area contributed by atoms with E-state index in [1.807, 2.05) is 16.9 Å². The average Bonchev–Trinajstić information content (AvgIpc) is 2.72. The van der Waals surface area contributed by atoms with Crippen LogP contribution in [0.2, 0.25) is 0 Å². The van der Waals surface area contributed by atoms with Crippen molar-refractivity contribution in [2.24, 2.45) is 5.73 Å². The lowest BCUT2D eigenvalue weighted by Gasteiger charge is -2.21. The highest BCUT2D eigenvalue weighted by molar-refractivity contribution is 4.98. The molecule has 1 aliphatic carbocycles. The van der Waals surface area contributed by atoms with Gasteiger partial charge in [0.05, 0.1) is 18.4 Å². The molecular formula is C14H25N3O. The number of hydrogen-bond donors (Lipinski definition) is 1. The van der Waals surface area contributed by atoms with Gasteiger partial charge in [-0.25, -0.2) is 0 Å². The van der Waals surface area contributed by atoms with Crippen molar-refractivity contribution < 1.29 is 4.74 Å². The topological polar surface area (TPSA) is 53.1 Å². The monoisotopic (exact) mass is 251 g/mol. The molecule has 2 rings (SSSR count). The minimum absolute atomic E-state index is 0.194. The molecule has 0 amide bonds. The van der Waals surface area contributed by atoms with Crippen molar-refractivity contribution in [3.8, 4) is 0 Å². The summed E-state index contributed by atoms with van der Waals surface area (Å²) in [6.07, 6.45) is 8.15. The van der Waals surface area contributed by atoms with Gasteiger partial charge in [0.2, 0.25) is 0 Å². The maximum absolute atomic E-state index is 6.15. The Morgan fingerprint density at radius 3 is 2.89 bits per heavy atom. The third-order valence-corrected chi connectivity index (χ3v) is 3.64. The highest BCUT2D eigenvalue weighted by Crippen LogP contribution is 2.20. The second kappa shape index (κ2) is 6.34. The van der Waals surface area contributed by atoms with Gasteiger partial charge in [-0.2, -0.15) is 5.10 Å². The smallest absolute Gasteiger partial charge is 0.0911 e. The molecule has 0 saturated heterocycles. The number of aromatic nitrogens is 2. The standard InChI is InChI=1S/C14H25N3O/c1-11(2)17-9-8-12(16-17)10-18-14-7-5-3-4-6-13(14)15/h8-9,11,13-14H,3-7,10,15H2,1-2H3. The van der Waals surface area contributed by atoms with Crippen LogP contribution in [0.5, 0.6) is 0 Å². The maximum atomic E-state index is 6.15. The van der Waals surface area contributed by atoms with E-state index in [1.54, 1.807) is 0 Å². The molecule has 0 bridgehead atoms. The summed E-state index contributed by atoms with van der Waals surface area (Å²) in [4.78, 5) is 0. The zero-order valence-electron chi connectivity index (χ0n) is 11.5. The molecule has 4 nitrogen and oxygen atoms in total. The van der Waals surface area contributed by atoms with Crippen molar-refractivity contribution in [2.45, 2.75) is 70.7 Å². The van der Waals surface area contributed by atoms with Crippen molar-refractivity contribution in [3.63, 3.8) is 0 Å². The van der Waals surface area contributed by atoms with E-state index in [-0.39, 0.29) is 12.1 Å². The van der Waals surface area contributed by atoms with Crippen molar-refractivity contribution in [1.29, 1.82) is 0 Å². The molecule has 0 radical (unpaired) electrons. The fourth-order valence-corrected chi connectivity index (χ4v) is 2.44. The van der Waals surface area contributed by atoms with E-state index < -0.39 is 0 Å². The van der Waals surface area contributed by atoms with Gasteiger partial charge < -0.3 is 10.5 Å². The van der Waals surface area contributed by atoms with Crippen molar-refractivity contribution >= 4 is 0 Å². The molecule has 1 heterocycles. The first kappa shape index (κ1) is 13.6. The zero-order chi connectivity index (χ0) is 13.0. The first-order valence-corrected chi connectivity index (χ1v) is 7.08. The quantitative estimate of drug-likeness (QED) is 0.837. The average molecular weight is 251 g/mol. The lowest BCUT2D eigenvalue weighted by Crippen LogP contribution is -2.35. The lowest BCUT2D eigenvalue weighted by atomic mass is 10.1. The van der Waals surface area contributed by atoms with Crippen molar-refractivity contribution in [1.82, 2.24) is 9.78 Å². The van der Waals surface area contributed by atoms with Gasteiger partial charge in [-0.3, -0.25) is 4.68 Å². The fourth-order valence-electron chi connectivity index (χ4n) is 2.44. The van der Waals surface area contributed by atoms with Gasteiger partial charge in [0.1, 0.15) is 0 Å². The number of hydrogen-bond acceptors (Lipinski definition) is 3. The van der Waals surface area contributed by atoms with Gasteiger partial charge in [0.25, 0.3) is 0 Å². The van der Waals surface area contributed by atoms with E-state index in [4.69, 9.17) is 10.5 Å². The summed E-state index contributed by atoms with van der Waals surface area (Å²) < 4.78 is 7.92. The first-order valence-electron chi connectivity index (χ1n) is 7.08. The number of nitrogens with two attached hydrogens (primary N) is 1. The largest absolute Gasteiger partial charge is 0.370 e. The van der Waals surface area contributed by atoms with E-state index in [1.165, 1.54) is 19.3 Å².